The summed E-state index contributed by atoms with van der Waals surface area (Å²) in [6.45, 7) is 14.6. The molecule has 1 aliphatic heterocycles. The molecule has 0 unspecified atom stereocenters. The van der Waals surface area contributed by atoms with Gasteiger partial charge in [-0.25, -0.2) is 9.18 Å². The highest BCUT2D eigenvalue weighted by molar-refractivity contribution is 6.62. The minimum absolute atomic E-state index is 0.254. The van der Waals surface area contributed by atoms with Crippen LogP contribution >= 0.6 is 0 Å². The smallest absolute Gasteiger partial charge is 0.444 e. The van der Waals surface area contributed by atoms with Crippen molar-refractivity contribution in [3.05, 3.63) is 23.5 Å². The highest BCUT2D eigenvalue weighted by Crippen LogP contribution is 2.37. The van der Waals surface area contributed by atoms with Crippen molar-refractivity contribution in [3.63, 3.8) is 0 Å². The molecule has 0 atom stereocenters. The van der Waals surface area contributed by atoms with E-state index >= 15 is 0 Å². The summed E-state index contributed by atoms with van der Waals surface area (Å²) in [6, 6.07) is 3.07. The van der Waals surface area contributed by atoms with Crippen LogP contribution in [0.1, 0.15) is 54.0 Å². The van der Waals surface area contributed by atoms with Crippen molar-refractivity contribution in [2.75, 3.05) is 5.32 Å². The average Bonchev–Trinajstić information content (AvgIpc) is 2.60. The molecule has 0 saturated carbocycles. The first-order chi connectivity index (χ1) is 11.2. The topological polar surface area (TPSA) is 56.8 Å². The van der Waals surface area contributed by atoms with Gasteiger partial charge in [-0.3, -0.25) is 5.32 Å². The van der Waals surface area contributed by atoms with E-state index < -0.39 is 35.8 Å². The van der Waals surface area contributed by atoms with Crippen molar-refractivity contribution in [3.8, 4) is 0 Å². The van der Waals surface area contributed by atoms with Crippen LogP contribution in [0.5, 0.6) is 0 Å². The first-order valence-corrected chi connectivity index (χ1v) is 8.37. The van der Waals surface area contributed by atoms with Crippen LogP contribution in [0, 0.1) is 12.7 Å². The van der Waals surface area contributed by atoms with Crippen molar-refractivity contribution in [1.82, 2.24) is 0 Å². The lowest BCUT2D eigenvalue weighted by molar-refractivity contribution is 0.00578. The first kappa shape index (κ1) is 19.7. The van der Waals surface area contributed by atoms with Gasteiger partial charge in [0.05, 0.1) is 11.2 Å². The first-order valence-electron chi connectivity index (χ1n) is 8.37. The molecule has 2 rings (SSSR count). The Morgan fingerprint density at radius 2 is 1.68 bits per heavy atom. The Morgan fingerprint density at radius 1 is 1.16 bits per heavy atom. The lowest BCUT2D eigenvalue weighted by atomic mass is 9.77. The quantitative estimate of drug-likeness (QED) is 0.824. The fourth-order valence-electron chi connectivity index (χ4n) is 2.43. The number of hydrogen-bond donors (Lipinski definition) is 1. The number of hydrogen-bond acceptors (Lipinski definition) is 4. The molecule has 1 fully saturated rings. The minimum Gasteiger partial charge on any atom is -0.444 e. The third kappa shape index (κ3) is 4.33. The summed E-state index contributed by atoms with van der Waals surface area (Å²) in [5, 5.41) is 2.63. The van der Waals surface area contributed by atoms with E-state index in [2.05, 4.69) is 5.32 Å². The second kappa shape index (κ2) is 6.29. The molecule has 1 aromatic rings. The Balaban J connectivity index is 2.29. The molecule has 1 aromatic carbocycles. The van der Waals surface area contributed by atoms with E-state index in [0.717, 1.165) is 0 Å². The maximum absolute atomic E-state index is 14.6. The van der Waals surface area contributed by atoms with Crippen LogP contribution < -0.4 is 10.8 Å². The molecule has 0 bridgehead atoms. The van der Waals surface area contributed by atoms with E-state index in [1.807, 2.05) is 27.7 Å². The SMILES string of the molecule is Cc1cc(NC(=O)OC(C)(C)C)cc(B2OC(C)(C)C(C)(C)O2)c1F. The van der Waals surface area contributed by atoms with Gasteiger partial charge in [0.25, 0.3) is 0 Å². The largest absolute Gasteiger partial charge is 0.497 e. The molecule has 1 heterocycles. The van der Waals surface area contributed by atoms with Crippen LogP contribution in [-0.2, 0) is 14.0 Å². The fourth-order valence-corrected chi connectivity index (χ4v) is 2.43. The molecule has 1 saturated heterocycles. The third-order valence-electron chi connectivity index (χ3n) is 4.44. The highest BCUT2D eigenvalue weighted by atomic mass is 19.1. The van der Waals surface area contributed by atoms with E-state index in [1.165, 1.54) is 6.07 Å². The molecule has 1 amide bonds. The molecule has 5 nitrogen and oxygen atoms in total. The number of carbonyl (C=O) groups is 1. The standard InChI is InChI=1S/C18H27BFNO4/c1-11-9-12(21-15(22)23-16(2,3)4)10-13(14(11)20)19-24-17(5,6)18(7,8)25-19/h9-10H,1-8H3,(H,21,22). The summed E-state index contributed by atoms with van der Waals surface area (Å²) in [6.07, 6.45) is -0.599. The summed E-state index contributed by atoms with van der Waals surface area (Å²) in [7, 11) is -0.843. The van der Waals surface area contributed by atoms with Crippen LogP contribution in [0.15, 0.2) is 12.1 Å². The van der Waals surface area contributed by atoms with Gasteiger partial charge in [-0.2, -0.15) is 0 Å². The number of rotatable bonds is 2. The van der Waals surface area contributed by atoms with Crippen molar-refractivity contribution in [2.45, 2.75) is 72.2 Å². The number of amides is 1. The Kier molecular flexibility index (Phi) is 4.96. The van der Waals surface area contributed by atoms with Gasteiger partial charge in [0, 0.05) is 11.2 Å². The molecule has 138 valence electrons. The monoisotopic (exact) mass is 351 g/mol. The fraction of sp³-hybridized carbons (Fsp3) is 0.611. The number of nitrogens with one attached hydrogen (secondary N) is 1. The molecule has 1 aliphatic rings. The number of carbonyl (C=O) groups excluding carboxylic acids is 1. The molecule has 1 N–H and O–H groups in total. The van der Waals surface area contributed by atoms with E-state index in [0.29, 0.717) is 11.3 Å². The van der Waals surface area contributed by atoms with Gasteiger partial charge < -0.3 is 14.0 Å². The van der Waals surface area contributed by atoms with E-state index in [9.17, 15) is 9.18 Å². The van der Waals surface area contributed by atoms with E-state index in [4.69, 9.17) is 14.0 Å². The number of ether oxygens (including phenoxy) is 1. The molecular formula is C18H27BFNO4. The van der Waals surface area contributed by atoms with Gasteiger partial charge in [0.1, 0.15) is 11.4 Å². The predicted molar refractivity (Wildman–Crippen MR) is 96.7 cm³/mol. The molecular weight excluding hydrogens is 324 g/mol. The normalized spacial score (nSPS) is 19.0. The lowest BCUT2D eigenvalue weighted by Gasteiger charge is -2.32. The molecule has 0 aromatic heterocycles. The predicted octanol–water partition coefficient (Wildman–Crippen LogP) is 3.78. The number of aryl methyl sites for hydroxylation is 1. The van der Waals surface area contributed by atoms with Gasteiger partial charge >= 0.3 is 13.2 Å². The van der Waals surface area contributed by atoms with Gasteiger partial charge in [-0.05, 0) is 73.1 Å². The van der Waals surface area contributed by atoms with E-state index in [1.54, 1.807) is 33.8 Å². The van der Waals surface area contributed by atoms with Gasteiger partial charge in [-0.15, -0.1) is 0 Å². The zero-order valence-electron chi connectivity index (χ0n) is 16.2. The summed E-state index contributed by atoms with van der Waals surface area (Å²) in [4.78, 5) is 12.0. The number of halogens is 1. The Bertz CT molecular complexity index is 666. The summed E-state index contributed by atoms with van der Waals surface area (Å²) < 4.78 is 31.7. The number of anilines is 1. The van der Waals surface area contributed by atoms with Gasteiger partial charge in [0.15, 0.2) is 0 Å². The highest BCUT2D eigenvalue weighted by Gasteiger charge is 2.52. The van der Waals surface area contributed by atoms with Gasteiger partial charge in [-0.1, -0.05) is 0 Å². The molecule has 0 radical (unpaired) electrons. The zero-order valence-corrected chi connectivity index (χ0v) is 16.2. The van der Waals surface area contributed by atoms with Crippen molar-refractivity contribution in [2.24, 2.45) is 0 Å². The summed E-state index contributed by atoms with van der Waals surface area (Å²) >= 11 is 0. The van der Waals surface area contributed by atoms with Crippen molar-refractivity contribution >= 4 is 24.4 Å². The van der Waals surface area contributed by atoms with Crippen LogP contribution in [0.3, 0.4) is 0 Å². The van der Waals surface area contributed by atoms with Crippen molar-refractivity contribution < 1.29 is 23.2 Å². The van der Waals surface area contributed by atoms with Crippen LogP contribution in [0.25, 0.3) is 0 Å². The Labute approximate surface area is 149 Å². The Hall–Kier alpha value is -1.60. The molecule has 25 heavy (non-hydrogen) atoms. The maximum atomic E-state index is 14.6. The van der Waals surface area contributed by atoms with E-state index in [-0.39, 0.29) is 5.46 Å². The maximum Gasteiger partial charge on any atom is 0.497 e. The number of benzene rings is 1. The summed E-state index contributed by atoms with van der Waals surface area (Å²) in [5.74, 6) is -0.409. The second-order valence-electron chi connectivity index (χ2n) is 8.41. The van der Waals surface area contributed by atoms with Gasteiger partial charge in [0.2, 0.25) is 0 Å². The molecule has 7 heteroatoms. The Morgan fingerprint density at radius 3 is 2.16 bits per heavy atom. The second-order valence-corrected chi connectivity index (χ2v) is 8.41. The summed E-state index contributed by atoms with van der Waals surface area (Å²) in [5.41, 5.74) is -0.701. The van der Waals surface area contributed by atoms with Crippen LogP contribution in [-0.4, -0.2) is 30.0 Å². The van der Waals surface area contributed by atoms with Crippen molar-refractivity contribution in [1.29, 1.82) is 0 Å². The zero-order chi connectivity index (χ0) is 19.2. The molecule has 0 aliphatic carbocycles. The third-order valence-corrected chi connectivity index (χ3v) is 4.44. The lowest BCUT2D eigenvalue weighted by Crippen LogP contribution is -2.41. The average molecular weight is 351 g/mol. The molecule has 0 spiro atoms. The minimum atomic E-state index is -0.843. The van der Waals surface area contributed by atoms with Crippen LogP contribution in [0.2, 0.25) is 0 Å². The van der Waals surface area contributed by atoms with Crippen LogP contribution in [0.4, 0.5) is 14.9 Å².